The molecule has 1 aromatic rings. The standard InChI is InChI=1S/C14H19F3N2O3S/c1-10(18)11-4-3-7-19(9-11)23(20,21)13-6-2-5-12(8-13)22-14(15,16)17/h2,5-6,8,10-11H,3-4,7,9,18H2,1H3/t10-,11-/m0/s1. The second-order valence-electron chi connectivity index (χ2n) is 5.65. The van der Waals surface area contributed by atoms with Gasteiger partial charge < -0.3 is 10.5 Å². The molecular weight excluding hydrogens is 333 g/mol. The lowest BCUT2D eigenvalue weighted by Gasteiger charge is -2.33. The van der Waals surface area contributed by atoms with Gasteiger partial charge in [-0.3, -0.25) is 0 Å². The van der Waals surface area contributed by atoms with Crippen molar-refractivity contribution in [1.29, 1.82) is 0 Å². The van der Waals surface area contributed by atoms with Gasteiger partial charge in [-0.25, -0.2) is 8.42 Å². The van der Waals surface area contributed by atoms with E-state index in [1.807, 2.05) is 6.92 Å². The Morgan fingerprint density at radius 2 is 2.09 bits per heavy atom. The zero-order valence-corrected chi connectivity index (χ0v) is 13.4. The topological polar surface area (TPSA) is 72.6 Å². The highest BCUT2D eigenvalue weighted by Gasteiger charge is 2.34. The first-order chi connectivity index (χ1) is 10.6. The number of nitrogens with two attached hydrogens (primary N) is 1. The summed E-state index contributed by atoms with van der Waals surface area (Å²) in [5, 5.41) is 0. The molecule has 23 heavy (non-hydrogen) atoms. The van der Waals surface area contributed by atoms with E-state index in [2.05, 4.69) is 4.74 Å². The molecule has 2 atom stereocenters. The monoisotopic (exact) mass is 352 g/mol. The summed E-state index contributed by atoms with van der Waals surface area (Å²) < 4.78 is 67.1. The predicted molar refractivity (Wildman–Crippen MR) is 78.3 cm³/mol. The molecule has 1 heterocycles. The van der Waals surface area contributed by atoms with Crippen LogP contribution in [0.1, 0.15) is 19.8 Å². The molecule has 0 unspecified atom stereocenters. The van der Waals surface area contributed by atoms with Gasteiger partial charge in [0.05, 0.1) is 4.90 Å². The van der Waals surface area contributed by atoms with Gasteiger partial charge in [0.15, 0.2) is 0 Å². The first kappa shape index (κ1) is 18.0. The number of hydrogen-bond donors (Lipinski definition) is 1. The van der Waals surface area contributed by atoms with Crippen molar-refractivity contribution in [3.63, 3.8) is 0 Å². The van der Waals surface area contributed by atoms with Gasteiger partial charge in [0, 0.05) is 25.2 Å². The first-order valence-electron chi connectivity index (χ1n) is 7.21. The molecule has 0 amide bonds. The Kier molecular flexibility index (Phi) is 5.22. The number of benzene rings is 1. The van der Waals surface area contributed by atoms with Crippen molar-refractivity contribution >= 4 is 10.0 Å². The molecule has 0 radical (unpaired) electrons. The molecule has 2 N–H and O–H groups in total. The van der Waals surface area contributed by atoms with Crippen molar-refractivity contribution in [1.82, 2.24) is 4.31 Å². The highest BCUT2D eigenvalue weighted by Crippen LogP contribution is 2.29. The van der Waals surface area contributed by atoms with Crippen molar-refractivity contribution < 1.29 is 26.3 Å². The average Bonchev–Trinajstić information content (AvgIpc) is 2.46. The quantitative estimate of drug-likeness (QED) is 0.903. The Balaban J connectivity index is 2.24. The van der Waals surface area contributed by atoms with Crippen LogP contribution in [-0.4, -0.2) is 38.2 Å². The molecule has 1 aromatic carbocycles. The van der Waals surface area contributed by atoms with E-state index < -0.39 is 22.1 Å². The van der Waals surface area contributed by atoms with Crippen molar-refractivity contribution in [3.05, 3.63) is 24.3 Å². The Hall–Kier alpha value is -1.32. The van der Waals surface area contributed by atoms with E-state index in [0.717, 1.165) is 18.6 Å². The van der Waals surface area contributed by atoms with Gasteiger partial charge >= 0.3 is 6.36 Å². The Labute approximate surface area is 133 Å². The fraction of sp³-hybridized carbons (Fsp3) is 0.571. The van der Waals surface area contributed by atoms with E-state index >= 15 is 0 Å². The SMILES string of the molecule is C[C@H](N)[C@H]1CCCN(S(=O)(=O)c2cccc(OC(F)(F)F)c2)C1. The predicted octanol–water partition coefficient (Wildman–Crippen LogP) is 2.33. The molecule has 1 fully saturated rings. The van der Waals surface area contributed by atoms with E-state index in [0.29, 0.717) is 13.0 Å². The van der Waals surface area contributed by atoms with Crippen LogP contribution in [0.5, 0.6) is 5.75 Å². The van der Waals surface area contributed by atoms with Crippen molar-refractivity contribution in [2.24, 2.45) is 11.7 Å². The summed E-state index contributed by atoms with van der Waals surface area (Å²) in [6, 6.07) is 4.29. The number of halogens is 3. The second-order valence-corrected chi connectivity index (χ2v) is 7.59. The first-order valence-corrected chi connectivity index (χ1v) is 8.65. The van der Waals surface area contributed by atoms with Crippen molar-refractivity contribution in [2.75, 3.05) is 13.1 Å². The van der Waals surface area contributed by atoms with Crippen molar-refractivity contribution in [3.8, 4) is 5.75 Å². The number of piperidine rings is 1. The van der Waals surface area contributed by atoms with E-state index in [1.165, 1.54) is 16.4 Å². The van der Waals surface area contributed by atoms with Crippen LogP contribution >= 0.6 is 0 Å². The van der Waals surface area contributed by atoms with Gasteiger partial charge in [0.1, 0.15) is 5.75 Å². The minimum Gasteiger partial charge on any atom is -0.406 e. The molecule has 130 valence electrons. The Morgan fingerprint density at radius 1 is 1.39 bits per heavy atom. The third-order valence-corrected chi connectivity index (χ3v) is 5.70. The normalized spacial score (nSPS) is 21.9. The minimum absolute atomic E-state index is 0.0353. The number of alkyl halides is 3. The van der Waals surface area contributed by atoms with Gasteiger partial charge in [0.2, 0.25) is 10.0 Å². The average molecular weight is 352 g/mol. The van der Waals surface area contributed by atoms with E-state index in [9.17, 15) is 21.6 Å². The van der Waals surface area contributed by atoms with Crippen LogP contribution in [0.15, 0.2) is 29.2 Å². The highest BCUT2D eigenvalue weighted by atomic mass is 32.2. The van der Waals surface area contributed by atoms with Crippen LogP contribution < -0.4 is 10.5 Å². The van der Waals surface area contributed by atoms with Gasteiger partial charge in [0.25, 0.3) is 0 Å². The van der Waals surface area contributed by atoms with Crippen LogP contribution in [0.4, 0.5) is 13.2 Å². The molecule has 0 aliphatic carbocycles. The summed E-state index contributed by atoms with van der Waals surface area (Å²) in [5.74, 6) is -0.521. The van der Waals surface area contributed by atoms with Gasteiger partial charge in [-0.15, -0.1) is 13.2 Å². The molecule has 5 nitrogen and oxygen atoms in total. The number of rotatable bonds is 4. The maximum absolute atomic E-state index is 12.6. The van der Waals surface area contributed by atoms with Crippen LogP contribution in [-0.2, 0) is 10.0 Å². The number of sulfonamides is 1. The van der Waals surface area contributed by atoms with Gasteiger partial charge in [-0.1, -0.05) is 6.07 Å². The zero-order valence-electron chi connectivity index (χ0n) is 12.6. The lowest BCUT2D eigenvalue weighted by Crippen LogP contribution is -2.44. The smallest absolute Gasteiger partial charge is 0.406 e. The number of nitrogens with zero attached hydrogens (tertiary/aromatic N) is 1. The molecule has 1 saturated heterocycles. The van der Waals surface area contributed by atoms with E-state index in [1.54, 1.807) is 0 Å². The largest absolute Gasteiger partial charge is 0.573 e. The highest BCUT2D eigenvalue weighted by molar-refractivity contribution is 7.89. The maximum atomic E-state index is 12.6. The fourth-order valence-corrected chi connectivity index (χ4v) is 4.17. The lowest BCUT2D eigenvalue weighted by molar-refractivity contribution is -0.274. The van der Waals surface area contributed by atoms with Crippen LogP contribution in [0.25, 0.3) is 0 Å². The minimum atomic E-state index is -4.87. The van der Waals surface area contributed by atoms with Crippen LogP contribution in [0.3, 0.4) is 0 Å². The third-order valence-electron chi connectivity index (χ3n) is 3.84. The molecule has 1 aliphatic rings. The maximum Gasteiger partial charge on any atom is 0.573 e. The molecule has 0 spiro atoms. The van der Waals surface area contributed by atoms with Crippen molar-refractivity contribution in [2.45, 2.75) is 37.1 Å². The number of hydrogen-bond acceptors (Lipinski definition) is 4. The number of ether oxygens (including phenoxy) is 1. The molecule has 0 aromatic heterocycles. The van der Waals surface area contributed by atoms with E-state index in [-0.39, 0.29) is 23.4 Å². The molecule has 2 rings (SSSR count). The third kappa shape index (κ3) is 4.58. The molecule has 9 heteroatoms. The summed E-state index contributed by atoms with van der Waals surface area (Å²) in [7, 11) is -3.88. The summed E-state index contributed by atoms with van der Waals surface area (Å²) >= 11 is 0. The summed E-state index contributed by atoms with van der Waals surface area (Å²) in [6.45, 7) is 2.42. The zero-order chi connectivity index (χ0) is 17.3. The van der Waals surface area contributed by atoms with Crippen LogP contribution in [0.2, 0.25) is 0 Å². The summed E-state index contributed by atoms with van der Waals surface area (Å²) in [5.41, 5.74) is 5.84. The lowest BCUT2D eigenvalue weighted by atomic mass is 9.93. The second kappa shape index (κ2) is 6.66. The molecular formula is C14H19F3N2O3S. The van der Waals surface area contributed by atoms with E-state index in [4.69, 9.17) is 5.73 Å². The summed E-state index contributed by atoms with van der Waals surface area (Å²) in [4.78, 5) is -0.218. The fourth-order valence-electron chi connectivity index (χ4n) is 2.60. The molecule has 0 bridgehead atoms. The molecule has 1 aliphatic heterocycles. The summed E-state index contributed by atoms with van der Waals surface area (Å²) in [6.07, 6.45) is -3.36. The van der Waals surface area contributed by atoms with Gasteiger partial charge in [-0.2, -0.15) is 4.31 Å². The van der Waals surface area contributed by atoms with Gasteiger partial charge in [-0.05, 0) is 37.8 Å². The molecule has 0 saturated carbocycles. The van der Waals surface area contributed by atoms with Crippen LogP contribution in [0, 0.1) is 5.92 Å². The Morgan fingerprint density at radius 3 is 2.70 bits per heavy atom. The Bertz CT molecular complexity index is 647.